The molecule has 1 aromatic carbocycles. The Labute approximate surface area is 125 Å². The van der Waals surface area contributed by atoms with E-state index in [0.717, 1.165) is 24.8 Å². The summed E-state index contributed by atoms with van der Waals surface area (Å²) in [5.74, 6) is -0.0908. The highest BCUT2D eigenvalue weighted by Gasteiger charge is 2.47. The summed E-state index contributed by atoms with van der Waals surface area (Å²) in [5.41, 5.74) is 0.427. The van der Waals surface area contributed by atoms with Gasteiger partial charge in [-0.3, -0.25) is 4.79 Å². The van der Waals surface area contributed by atoms with E-state index in [1.54, 1.807) is 12.1 Å². The van der Waals surface area contributed by atoms with E-state index in [9.17, 15) is 9.18 Å². The van der Waals surface area contributed by atoms with E-state index in [-0.39, 0.29) is 23.8 Å². The summed E-state index contributed by atoms with van der Waals surface area (Å²) in [4.78, 5) is 15.0. The molecule has 1 aromatic rings. The van der Waals surface area contributed by atoms with Crippen LogP contribution >= 0.6 is 0 Å². The van der Waals surface area contributed by atoms with Crippen LogP contribution in [0.5, 0.6) is 0 Å². The first kappa shape index (κ1) is 14.5. The van der Waals surface area contributed by atoms with Crippen molar-refractivity contribution in [3.63, 3.8) is 0 Å². The second kappa shape index (κ2) is 5.41. The molecule has 1 unspecified atom stereocenters. The average molecular weight is 291 g/mol. The van der Waals surface area contributed by atoms with Crippen molar-refractivity contribution in [1.82, 2.24) is 4.90 Å². The molecule has 3 atom stereocenters. The first-order valence-electron chi connectivity index (χ1n) is 7.71. The van der Waals surface area contributed by atoms with E-state index in [1.807, 2.05) is 24.8 Å². The average Bonchev–Trinajstić information content (AvgIpc) is 2.85. The molecule has 3 nitrogen and oxygen atoms in total. The second-order valence-electron chi connectivity index (χ2n) is 6.44. The summed E-state index contributed by atoms with van der Waals surface area (Å²) in [6.07, 6.45) is 2.56. The third kappa shape index (κ3) is 2.46. The molecular weight excluding hydrogens is 269 g/mol. The van der Waals surface area contributed by atoms with Crippen LogP contribution in [0.4, 0.5) is 4.39 Å². The molecule has 0 radical (unpaired) electrons. The molecule has 0 aliphatic carbocycles. The molecular formula is C17H22FNO2. The smallest absolute Gasteiger partial charge is 0.231 e. The van der Waals surface area contributed by atoms with Gasteiger partial charge >= 0.3 is 0 Å². The van der Waals surface area contributed by atoms with Crippen molar-refractivity contribution in [2.24, 2.45) is 5.41 Å². The van der Waals surface area contributed by atoms with Crippen LogP contribution in [0.25, 0.3) is 0 Å². The van der Waals surface area contributed by atoms with Gasteiger partial charge in [0.1, 0.15) is 5.82 Å². The zero-order valence-corrected chi connectivity index (χ0v) is 12.6. The van der Waals surface area contributed by atoms with Gasteiger partial charge in [0.05, 0.1) is 30.7 Å². The molecule has 2 aliphatic rings. The Bertz CT molecular complexity index is 547. The molecule has 0 aromatic heterocycles. The van der Waals surface area contributed by atoms with E-state index < -0.39 is 5.41 Å². The Morgan fingerprint density at radius 3 is 2.95 bits per heavy atom. The predicted octanol–water partition coefficient (Wildman–Crippen LogP) is 3.30. The molecule has 2 aliphatic heterocycles. The molecule has 0 saturated carbocycles. The van der Waals surface area contributed by atoms with E-state index in [4.69, 9.17) is 4.74 Å². The molecule has 3 rings (SSSR count). The highest BCUT2D eigenvalue weighted by Crippen LogP contribution is 2.42. The first-order chi connectivity index (χ1) is 10.0. The zero-order valence-electron chi connectivity index (χ0n) is 12.6. The van der Waals surface area contributed by atoms with Gasteiger partial charge in [-0.2, -0.15) is 0 Å². The van der Waals surface area contributed by atoms with Crippen molar-refractivity contribution in [2.75, 3.05) is 13.2 Å². The van der Waals surface area contributed by atoms with E-state index >= 15 is 0 Å². The molecule has 0 bridgehead atoms. The van der Waals surface area contributed by atoms with Gasteiger partial charge in [-0.1, -0.05) is 19.1 Å². The Hall–Kier alpha value is -1.42. The zero-order chi connectivity index (χ0) is 15.0. The molecule has 114 valence electrons. The maximum Gasteiger partial charge on any atom is 0.231 e. The fourth-order valence-electron chi connectivity index (χ4n) is 3.44. The third-order valence-electron chi connectivity index (χ3n) is 5.00. The van der Waals surface area contributed by atoms with Gasteiger partial charge in [-0.15, -0.1) is 0 Å². The van der Waals surface area contributed by atoms with Crippen LogP contribution in [0.2, 0.25) is 0 Å². The minimum Gasteiger partial charge on any atom is -0.378 e. The lowest BCUT2D eigenvalue weighted by atomic mass is 9.86. The maximum atomic E-state index is 13.5. The predicted molar refractivity (Wildman–Crippen MR) is 78.2 cm³/mol. The van der Waals surface area contributed by atoms with E-state index in [0.29, 0.717) is 13.2 Å². The largest absolute Gasteiger partial charge is 0.378 e. The van der Waals surface area contributed by atoms with Crippen LogP contribution in [0.3, 0.4) is 0 Å². The number of amides is 1. The van der Waals surface area contributed by atoms with Crippen LogP contribution < -0.4 is 0 Å². The Morgan fingerprint density at radius 2 is 2.24 bits per heavy atom. The number of fused-ring (bicyclic) bond motifs is 1. The number of nitrogens with zero attached hydrogens (tertiary/aromatic N) is 1. The lowest BCUT2D eigenvalue weighted by Gasteiger charge is -2.34. The van der Waals surface area contributed by atoms with Gasteiger partial charge in [0.2, 0.25) is 5.91 Å². The van der Waals surface area contributed by atoms with Crippen molar-refractivity contribution in [1.29, 1.82) is 0 Å². The molecule has 21 heavy (non-hydrogen) atoms. The molecule has 0 N–H and O–H groups in total. The molecule has 2 saturated heterocycles. The standard InChI is InChI=1S/C17H22FNO2/c1-3-17(2)11-21-10-14-7-8-15(19(14)16(17)20)12-5-4-6-13(18)9-12/h4-6,9,14-15H,3,7-8,10-11H2,1-2H3/t14-,15-,17?/m1/s1. The second-order valence-corrected chi connectivity index (χ2v) is 6.44. The van der Waals surface area contributed by atoms with Gasteiger partial charge in [0, 0.05) is 0 Å². The van der Waals surface area contributed by atoms with Gasteiger partial charge < -0.3 is 9.64 Å². The fraction of sp³-hybridized carbons (Fsp3) is 0.588. The molecule has 4 heteroatoms. The van der Waals surface area contributed by atoms with Crippen molar-refractivity contribution in [3.8, 4) is 0 Å². The van der Waals surface area contributed by atoms with Crippen molar-refractivity contribution in [2.45, 2.75) is 45.2 Å². The van der Waals surface area contributed by atoms with Crippen molar-refractivity contribution in [3.05, 3.63) is 35.6 Å². The third-order valence-corrected chi connectivity index (χ3v) is 5.00. The van der Waals surface area contributed by atoms with Crippen LogP contribution in [0, 0.1) is 11.2 Å². The van der Waals surface area contributed by atoms with E-state index in [1.165, 1.54) is 6.07 Å². The Morgan fingerprint density at radius 1 is 1.43 bits per heavy atom. The van der Waals surface area contributed by atoms with Gasteiger partial charge in [0.15, 0.2) is 0 Å². The monoisotopic (exact) mass is 291 g/mol. The number of benzene rings is 1. The summed E-state index contributed by atoms with van der Waals surface area (Å²) in [6.45, 7) is 5.06. The topological polar surface area (TPSA) is 29.5 Å². The molecule has 0 spiro atoms. The SMILES string of the molecule is CCC1(C)COC[C@H]2CC[C@H](c3cccc(F)c3)N2C1=O. The normalized spacial score (nSPS) is 32.9. The highest BCUT2D eigenvalue weighted by molar-refractivity contribution is 5.83. The molecule has 2 fully saturated rings. The van der Waals surface area contributed by atoms with Crippen LogP contribution in [-0.4, -0.2) is 30.1 Å². The summed E-state index contributed by atoms with van der Waals surface area (Å²) in [5, 5.41) is 0. The maximum absolute atomic E-state index is 13.5. The number of hydrogen-bond acceptors (Lipinski definition) is 2. The summed E-state index contributed by atoms with van der Waals surface area (Å²) >= 11 is 0. The number of hydrogen-bond donors (Lipinski definition) is 0. The Balaban J connectivity index is 1.96. The lowest BCUT2D eigenvalue weighted by molar-refractivity contribution is -0.143. The van der Waals surface area contributed by atoms with Crippen LogP contribution in [0.1, 0.15) is 44.7 Å². The Kier molecular flexibility index (Phi) is 3.74. The van der Waals surface area contributed by atoms with Gasteiger partial charge in [0.25, 0.3) is 0 Å². The fourth-order valence-corrected chi connectivity index (χ4v) is 3.44. The summed E-state index contributed by atoms with van der Waals surface area (Å²) in [7, 11) is 0. The molecule has 2 heterocycles. The van der Waals surface area contributed by atoms with E-state index in [2.05, 4.69) is 0 Å². The number of halogens is 1. The number of carbonyl (C=O) groups is 1. The van der Waals surface area contributed by atoms with Gasteiger partial charge in [-0.05, 0) is 43.9 Å². The summed E-state index contributed by atoms with van der Waals surface area (Å²) < 4.78 is 19.3. The van der Waals surface area contributed by atoms with Crippen LogP contribution in [-0.2, 0) is 9.53 Å². The minimum atomic E-state index is -0.468. The van der Waals surface area contributed by atoms with Crippen LogP contribution in [0.15, 0.2) is 24.3 Å². The highest BCUT2D eigenvalue weighted by atomic mass is 19.1. The lowest BCUT2D eigenvalue weighted by Crippen LogP contribution is -2.45. The quantitative estimate of drug-likeness (QED) is 0.836. The molecule has 1 amide bonds. The van der Waals surface area contributed by atoms with Crippen molar-refractivity contribution >= 4 is 5.91 Å². The number of ether oxygens (including phenoxy) is 1. The first-order valence-corrected chi connectivity index (χ1v) is 7.71. The van der Waals surface area contributed by atoms with Crippen molar-refractivity contribution < 1.29 is 13.9 Å². The van der Waals surface area contributed by atoms with Gasteiger partial charge in [-0.25, -0.2) is 4.39 Å². The minimum absolute atomic E-state index is 0.0224. The number of rotatable bonds is 2. The summed E-state index contributed by atoms with van der Waals surface area (Å²) in [6, 6.07) is 6.73. The number of carbonyl (C=O) groups excluding carboxylic acids is 1.